The molecule has 1 unspecified atom stereocenters. The fraction of sp³-hybridized carbons (Fsp3) is 0.588. The lowest BCUT2D eigenvalue weighted by atomic mass is 9.81. The second-order valence-electron chi connectivity index (χ2n) is 7.29. The second-order valence-corrected chi connectivity index (χ2v) is 7.70. The van der Waals surface area contributed by atoms with Crippen LogP contribution in [0, 0.1) is 6.92 Å². The predicted molar refractivity (Wildman–Crippen MR) is 91.0 cm³/mol. The Morgan fingerprint density at radius 2 is 2.08 bits per heavy atom. The summed E-state index contributed by atoms with van der Waals surface area (Å²) in [5.41, 5.74) is 2.28. The number of ether oxygens (including phenoxy) is 1. The van der Waals surface area contributed by atoms with Crippen LogP contribution < -0.4 is 5.32 Å². The van der Waals surface area contributed by atoms with E-state index in [1.807, 2.05) is 13.0 Å². The summed E-state index contributed by atoms with van der Waals surface area (Å²) in [6.07, 6.45) is 3.20. The van der Waals surface area contributed by atoms with Gasteiger partial charge in [-0.1, -0.05) is 11.6 Å². The van der Waals surface area contributed by atoms with Crippen molar-refractivity contribution in [3.05, 3.63) is 40.2 Å². The molecule has 2 aliphatic rings. The molecule has 0 amide bonds. The van der Waals surface area contributed by atoms with Crippen LogP contribution in [-0.2, 0) is 15.8 Å². The first kappa shape index (κ1) is 16.0. The average Bonchev–Trinajstić information content (AvgIpc) is 3.19. The van der Waals surface area contributed by atoms with Crippen molar-refractivity contribution < 1.29 is 4.74 Å². The van der Waals surface area contributed by atoms with Gasteiger partial charge in [-0.25, -0.2) is 4.98 Å². The number of aromatic amines is 1. The van der Waals surface area contributed by atoms with Crippen LogP contribution in [-0.4, -0.2) is 33.3 Å². The summed E-state index contributed by atoms with van der Waals surface area (Å²) in [7, 11) is 0. The zero-order valence-electron chi connectivity index (χ0n) is 14.2. The molecule has 4 rings (SSSR count). The zero-order valence-corrected chi connectivity index (χ0v) is 14.9. The first-order valence-corrected chi connectivity index (χ1v) is 8.74. The summed E-state index contributed by atoms with van der Waals surface area (Å²) in [6, 6.07) is 2.03. The van der Waals surface area contributed by atoms with Crippen molar-refractivity contribution in [1.82, 2.24) is 25.5 Å². The predicted octanol–water partition coefficient (Wildman–Crippen LogP) is 2.79. The molecule has 1 saturated heterocycles. The molecule has 4 heterocycles. The molecule has 128 valence electrons. The van der Waals surface area contributed by atoms with Gasteiger partial charge in [-0.15, -0.1) is 0 Å². The molecule has 0 aliphatic carbocycles. The minimum Gasteiger partial charge on any atom is -0.360 e. The number of pyridine rings is 1. The van der Waals surface area contributed by atoms with Gasteiger partial charge in [0.05, 0.1) is 27.9 Å². The Labute approximate surface area is 146 Å². The van der Waals surface area contributed by atoms with Crippen molar-refractivity contribution >= 4 is 11.6 Å². The fourth-order valence-electron chi connectivity index (χ4n) is 3.87. The number of nitrogens with one attached hydrogen (secondary N) is 2. The van der Waals surface area contributed by atoms with E-state index in [0.29, 0.717) is 5.02 Å². The lowest BCUT2D eigenvalue weighted by Crippen LogP contribution is -2.41. The molecule has 0 saturated carbocycles. The van der Waals surface area contributed by atoms with Gasteiger partial charge < -0.3 is 10.1 Å². The topological polar surface area (TPSA) is 75.7 Å². The molecule has 6 nitrogen and oxygen atoms in total. The van der Waals surface area contributed by atoms with Crippen LogP contribution in [0.15, 0.2) is 12.4 Å². The van der Waals surface area contributed by atoms with Gasteiger partial charge in [-0.3, -0.25) is 10.1 Å². The highest BCUT2D eigenvalue weighted by atomic mass is 35.5. The average molecular weight is 348 g/mol. The minimum atomic E-state index is -0.361. The molecule has 2 aromatic rings. The number of halogens is 1. The highest BCUT2D eigenvalue weighted by molar-refractivity contribution is 6.31. The molecule has 2 aromatic heterocycles. The summed E-state index contributed by atoms with van der Waals surface area (Å²) in [6.45, 7) is 8.05. The van der Waals surface area contributed by atoms with E-state index in [-0.39, 0.29) is 17.1 Å². The quantitative estimate of drug-likeness (QED) is 0.873. The number of aromatic nitrogens is 4. The summed E-state index contributed by atoms with van der Waals surface area (Å²) >= 11 is 6.39. The summed E-state index contributed by atoms with van der Waals surface area (Å²) < 4.78 is 6.71. The molecular formula is C17H22ClN5O. The monoisotopic (exact) mass is 347 g/mol. The maximum Gasteiger partial charge on any atom is 0.137 e. The molecule has 1 spiro atoms. The first-order valence-electron chi connectivity index (χ1n) is 8.36. The molecule has 2 N–H and O–H groups in total. The smallest absolute Gasteiger partial charge is 0.137 e. The van der Waals surface area contributed by atoms with Crippen LogP contribution in [0.4, 0.5) is 0 Å². The Morgan fingerprint density at radius 1 is 1.33 bits per heavy atom. The van der Waals surface area contributed by atoms with Crippen LogP contribution in [0.3, 0.4) is 0 Å². The summed E-state index contributed by atoms with van der Waals surface area (Å²) in [4.78, 5) is 9.21. The Bertz CT molecular complexity index is 753. The number of rotatable bonds is 2. The van der Waals surface area contributed by atoms with Gasteiger partial charge in [-0.2, -0.15) is 5.10 Å². The van der Waals surface area contributed by atoms with Crippen molar-refractivity contribution in [3.8, 4) is 0 Å². The Kier molecular flexibility index (Phi) is 3.67. The maximum absolute atomic E-state index is 6.71. The third kappa shape index (κ3) is 2.28. The number of nitrogens with zero attached hydrogens (tertiary/aromatic N) is 3. The van der Waals surface area contributed by atoms with Crippen molar-refractivity contribution in [1.29, 1.82) is 0 Å². The van der Waals surface area contributed by atoms with E-state index in [9.17, 15) is 0 Å². The van der Waals surface area contributed by atoms with Crippen molar-refractivity contribution in [2.75, 3.05) is 13.1 Å². The molecule has 0 aromatic carbocycles. The van der Waals surface area contributed by atoms with Gasteiger partial charge in [-0.05, 0) is 52.8 Å². The minimum absolute atomic E-state index is 0.163. The van der Waals surface area contributed by atoms with Crippen LogP contribution in [0.1, 0.15) is 55.6 Å². The van der Waals surface area contributed by atoms with Gasteiger partial charge in [0.25, 0.3) is 0 Å². The van der Waals surface area contributed by atoms with E-state index in [0.717, 1.165) is 48.7 Å². The van der Waals surface area contributed by atoms with Crippen LogP contribution in [0.5, 0.6) is 0 Å². The van der Waals surface area contributed by atoms with Gasteiger partial charge in [0.1, 0.15) is 17.8 Å². The SMILES string of the molecule is Cc1nc2c(cc1Cl)C(C(C)(C)c1ncn[nH]1)OC21CCNCC1. The Morgan fingerprint density at radius 3 is 2.75 bits per heavy atom. The van der Waals surface area contributed by atoms with Gasteiger partial charge in [0.15, 0.2) is 0 Å². The van der Waals surface area contributed by atoms with E-state index >= 15 is 0 Å². The Hall–Kier alpha value is -1.50. The summed E-state index contributed by atoms with van der Waals surface area (Å²) in [5, 5.41) is 11.1. The third-order valence-electron chi connectivity index (χ3n) is 5.33. The number of piperidine rings is 1. The molecule has 0 bridgehead atoms. The molecule has 1 atom stereocenters. The Balaban J connectivity index is 1.85. The van der Waals surface area contributed by atoms with Gasteiger partial charge in [0.2, 0.25) is 0 Å². The van der Waals surface area contributed by atoms with Crippen molar-refractivity contribution in [3.63, 3.8) is 0 Å². The molecule has 0 radical (unpaired) electrons. The normalized spacial score (nSPS) is 22.8. The zero-order chi connectivity index (χ0) is 16.9. The van der Waals surface area contributed by atoms with E-state index in [4.69, 9.17) is 21.3 Å². The number of H-pyrrole nitrogens is 1. The number of aryl methyl sites for hydroxylation is 1. The number of hydrogen-bond donors (Lipinski definition) is 2. The van der Waals surface area contributed by atoms with Crippen molar-refractivity contribution in [2.45, 2.75) is 50.7 Å². The van der Waals surface area contributed by atoms with Crippen LogP contribution >= 0.6 is 11.6 Å². The van der Waals surface area contributed by atoms with E-state index < -0.39 is 0 Å². The van der Waals surface area contributed by atoms with Crippen molar-refractivity contribution in [2.24, 2.45) is 0 Å². The number of fused-ring (bicyclic) bond motifs is 2. The van der Waals surface area contributed by atoms with Gasteiger partial charge >= 0.3 is 0 Å². The highest BCUT2D eigenvalue weighted by Gasteiger charge is 2.52. The molecular weight excluding hydrogens is 326 g/mol. The largest absolute Gasteiger partial charge is 0.360 e. The molecule has 2 aliphatic heterocycles. The molecule has 7 heteroatoms. The van der Waals surface area contributed by atoms with E-state index in [2.05, 4.69) is 34.3 Å². The second kappa shape index (κ2) is 5.51. The lowest BCUT2D eigenvalue weighted by molar-refractivity contribution is -0.119. The first-order chi connectivity index (χ1) is 11.4. The summed E-state index contributed by atoms with van der Waals surface area (Å²) in [5.74, 6) is 0.807. The van der Waals surface area contributed by atoms with Crippen LogP contribution in [0.2, 0.25) is 5.02 Å². The molecule has 24 heavy (non-hydrogen) atoms. The van der Waals surface area contributed by atoms with E-state index in [1.54, 1.807) is 0 Å². The molecule has 1 fully saturated rings. The van der Waals surface area contributed by atoms with E-state index in [1.165, 1.54) is 6.33 Å². The fourth-order valence-corrected chi connectivity index (χ4v) is 4.03. The van der Waals surface area contributed by atoms with Crippen LogP contribution in [0.25, 0.3) is 0 Å². The third-order valence-corrected chi connectivity index (χ3v) is 5.71. The lowest BCUT2D eigenvalue weighted by Gasteiger charge is -2.36. The number of hydrogen-bond acceptors (Lipinski definition) is 5. The standard InChI is InChI=1S/C17H22ClN5O/c1-10-12(18)8-11-13(22-10)17(4-6-19-7-5-17)24-14(11)16(2,3)15-20-9-21-23-15/h8-9,14,19H,4-7H2,1-3H3,(H,20,21,23). The maximum atomic E-state index is 6.71. The van der Waals surface area contributed by atoms with Gasteiger partial charge in [0, 0.05) is 5.56 Å². The highest BCUT2D eigenvalue weighted by Crippen LogP contribution is 2.54.